The van der Waals surface area contributed by atoms with Crippen LogP contribution in [0.1, 0.15) is 18.4 Å². The summed E-state index contributed by atoms with van der Waals surface area (Å²) in [5.74, 6) is 0.644. The molecule has 0 N–H and O–H groups in total. The molecule has 26 heavy (non-hydrogen) atoms. The smallest absolute Gasteiger partial charge is 0.233 e. The highest BCUT2D eigenvalue weighted by Gasteiger charge is 2.54. The molecule has 2 fully saturated rings. The average Bonchev–Trinajstić information content (AvgIpc) is 3.49. The van der Waals surface area contributed by atoms with Crippen LogP contribution in [0.4, 0.5) is 10.1 Å². The van der Waals surface area contributed by atoms with E-state index < -0.39 is 5.41 Å². The molecule has 1 amide bonds. The van der Waals surface area contributed by atoms with Crippen molar-refractivity contribution in [2.24, 2.45) is 0 Å². The van der Waals surface area contributed by atoms with Gasteiger partial charge in [-0.3, -0.25) is 4.79 Å². The second kappa shape index (κ2) is 6.63. The van der Waals surface area contributed by atoms with Gasteiger partial charge in [0.2, 0.25) is 5.91 Å². The molecular formula is C21H23FN2O2. The van der Waals surface area contributed by atoms with Crippen LogP contribution in [0.3, 0.4) is 0 Å². The number of ether oxygens (including phenoxy) is 1. The molecule has 0 spiro atoms. The highest BCUT2D eigenvalue weighted by Crippen LogP contribution is 2.50. The number of rotatable bonds is 4. The minimum atomic E-state index is -0.641. The summed E-state index contributed by atoms with van der Waals surface area (Å²) in [5, 5.41) is 0. The maximum absolute atomic E-state index is 14.2. The van der Waals surface area contributed by atoms with Gasteiger partial charge in [-0.15, -0.1) is 0 Å². The molecule has 1 heterocycles. The van der Waals surface area contributed by atoms with Crippen molar-refractivity contribution in [2.75, 3.05) is 38.2 Å². The lowest BCUT2D eigenvalue weighted by atomic mass is 9.93. The molecule has 1 saturated heterocycles. The fraction of sp³-hybridized carbons (Fsp3) is 0.381. The largest absolute Gasteiger partial charge is 0.495 e. The van der Waals surface area contributed by atoms with Crippen LogP contribution < -0.4 is 9.64 Å². The Labute approximate surface area is 153 Å². The summed E-state index contributed by atoms with van der Waals surface area (Å²) in [5.41, 5.74) is 0.965. The van der Waals surface area contributed by atoms with Crippen LogP contribution in [0.15, 0.2) is 48.5 Å². The zero-order valence-electron chi connectivity index (χ0n) is 15.0. The molecule has 5 heteroatoms. The van der Waals surface area contributed by atoms with Crippen LogP contribution in [-0.2, 0) is 10.2 Å². The van der Waals surface area contributed by atoms with Gasteiger partial charge < -0.3 is 14.5 Å². The Morgan fingerprint density at radius 2 is 1.65 bits per heavy atom. The van der Waals surface area contributed by atoms with Crippen LogP contribution in [0, 0.1) is 5.82 Å². The van der Waals surface area contributed by atoms with E-state index in [4.69, 9.17) is 4.74 Å². The first-order valence-corrected chi connectivity index (χ1v) is 9.08. The standard InChI is InChI=1S/C21H23FN2O2/c1-26-19-9-5-4-8-18(19)23-12-14-24(15-13-23)20(25)21(10-11-21)16-6-2-3-7-17(16)22/h2-9H,10-15H2,1H3. The van der Waals surface area contributed by atoms with Crippen LogP contribution in [0.5, 0.6) is 5.75 Å². The number of amides is 1. The number of benzene rings is 2. The third kappa shape index (κ3) is 2.81. The maximum Gasteiger partial charge on any atom is 0.233 e. The van der Waals surface area contributed by atoms with Crippen LogP contribution in [0.25, 0.3) is 0 Å². The molecule has 136 valence electrons. The van der Waals surface area contributed by atoms with E-state index in [1.807, 2.05) is 35.2 Å². The predicted octanol–water partition coefficient (Wildman–Crippen LogP) is 3.21. The number of para-hydroxylation sites is 2. The average molecular weight is 354 g/mol. The zero-order valence-corrected chi connectivity index (χ0v) is 15.0. The molecule has 1 saturated carbocycles. The van der Waals surface area contributed by atoms with Crippen molar-refractivity contribution in [1.82, 2.24) is 4.90 Å². The Hall–Kier alpha value is -2.56. The van der Waals surface area contributed by atoms with E-state index in [1.54, 1.807) is 19.2 Å². The normalized spacial score (nSPS) is 18.5. The highest BCUT2D eigenvalue weighted by atomic mass is 19.1. The number of hydrogen-bond donors (Lipinski definition) is 0. The quantitative estimate of drug-likeness (QED) is 0.845. The van der Waals surface area contributed by atoms with E-state index in [0.29, 0.717) is 18.7 Å². The number of methoxy groups -OCH3 is 1. The second-order valence-corrected chi connectivity index (χ2v) is 7.01. The van der Waals surface area contributed by atoms with Gasteiger partial charge in [-0.05, 0) is 31.0 Å². The summed E-state index contributed by atoms with van der Waals surface area (Å²) in [6, 6.07) is 14.6. The van der Waals surface area contributed by atoms with Gasteiger partial charge >= 0.3 is 0 Å². The first kappa shape index (κ1) is 16.9. The lowest BCUT2D eigenvalue weighted by molar-refractivity contribution is -0.134. The number of anilines is 1. The van der Waals surface area contributed by atoms with Crippen LogP contribution >= 0.6 is 0 Å². The molecule has 0 radical (unpaired) electrons. The van der Waals surface area contributed by atoms with E-state index in [9.17, 15) is 9.18 Å². The number of nitrogens with zero attached hydrogens (tertiary/aromatic N) is 2. The Balaban J connectivity index is 1.47. The van der Waals surface area contributed by atoms with Crippen molar-refractivity contribution in [3.63, 3.8) is 0 Å². The van der Waals surface area contributed by atoms with E-state index in [2.05, 4.69) is 4.90 Å². The molecule has 0 atom stereocenters. The number of carbonyl (C=O) groups is 1. The minimum Gasteiger partial charge on any atom is -0.495 e. The summed E-state index contributed by atoms with van der Waals surface area (Å²) >= 11 is 0. The third-order valence-electron chi connectivity index (χ3n) is 5.54. The van der Waals surface area contributed by atoms with E-state index >= 15 is 0 Å². The van der Waals surface area contributed by atoms with Crippen LogP contribution in [0.2, 0.25) is 0 Å². The van der Waals surface area contributed by atoms with E-state index in [1.165, 1.54) is 6.07 Å². The summed E-state index contributed by atoms with van der Waals surface area (Å²) in [6.45, 7) is 2.79. The molecule has 2 aromatic rings. The van der Waals surface area contributed by atoms with Gasteiger partial charge in [0.25, 0.3) is 0 Å². The van der Waals surface area contributed by atoms with Gasteiger partial charge in [-0.1, -0.05) is 30.3 Å². The van der Waals surface area contributed by atoms with E-state index in [-0.39, 0.29) is 11.7 Å². The molecule has 2 aliphatic rings. The monoisotopic (exact) mass is 354 g/mol. The molecule has 1 aliphatic heterocycles. The molecular weight excluding hydrogens is 331 g/mol. The third-order valence-corrected chi connectivity index (χ3v) is 5.54. The lowest BCUT2D eigenvalue weighted by Crippen LogP contribution is -2.51. The number of hydrogen-bond acceptors (Lipinski definition) is 3. The van der Waals surface area contributed by atoms with Crippen molar-refractivity contribution in [2.45, 2.75) is 18.3 Å². The fourth-order valence-corrected chi connectivity index (χ4v) is 3.92. The Morgan fingerprint density at radius 3 is 2.31 bits per heavy atom. The SMILES string of the molecule is COc1ccccc1N1CCN(C(=O)C2(c3ccccc3F)CC2)CC1. The van der Waals surface area contributed by atoms with Gasteiger partial charge in [0.1, 0.15) is 11.6 Å². The number of carbonyl (C=O) groups excluding carboxylic acids is 1. The molecule has 1 aliphatic carbocycles. The van der Waals surface area contributed by atoms with Gasteiger partial charge in [0.05, 0.1) is 18.2 Å². The van der Waals surface area contributed by atoms with Gasteiger partial charge in [0, 0.05) is 31.7 Å². The molecule has 0 aromatic heterocycles. The Kier molecular flexibility index (Phi) is 4.31. The highest BCUT2D eigenvalue weighted by molar-refractivity contribution is 5.91. The van der Waals surface area contributed by atoms with Crippen molar-refractivity contribution < 1.29 is 13.9 Å². The summed E-state index contributed by atoms with van der Waals surface area (Å²) in [6.07, 6.45) is 1.47. The predicted molar refractivity (Wildman–Crippen MR) is 99.1 cm³/mol. The minimum absolute atomic E-state index is 0.0716. The zero-order chi connectivity index (χ0) is 18.1. The summed E-state index contributed by atoms with van der Waals surface area (Å²) < 4.78 is 19.7. The first-order chi connectivity index (χ1) is 12.7. The van der Waals surface area contributed by atoms with Crippen LogP contribution in [-0.4, -0.2) is 44.1 Å². The van der Waals surface area contributed by atoms with E-state index in [0.717, 1.165) is 37.4 Å². The van der Waals surface area contributed by atoms with Gasteiger partial charge in [-0.25, -0.2) is 4.39 Å². The molecule has 0 bridgehead atoms. The molecule has 4 nitrogen and oxygen atoms in total. The number of halogens is 1. The maximum atomic E-state index is 14.2. The lowest BCUT2D eigenvalue weighted by Gasteiger charge is -2.38. The summed E-state index contributed by atoms with van der Waals surface area (Å²) in [7, 11) is 1.67. The van der Waals surface area contributed by atoms with Crippen molar-refractivity contribution >= 4 is 11.6 Å². The summed E-state index contributed by atoms with van der Waals surface area (Å²) in [4.78, 5) is 17.3. The van der Waals surface area contributed by atoms with Gasteiger partial charge in [0.15, 0.2) is 0 Å². The number of piperazine rings is 1. The van der Waals surface area contributed by atoms with Crippen molar-refractivity contribution in [3.05, 3.63) is 59.9 Å². The molecule has 4 rings (SSSR count). The van der Waals surface area contributed by atoms with Crippen molar-refractivity contribution in [1.29, 1.82) is 0 Å². The topological polar surface area (TPSA) is 32.8 Å². The molecule has 2 aromatic carbocycles. The Morgan fingerprint density at radius 1 is 1.00 bits per heavy atom. The fourth-order valence-electron chi connectivity index (χ4n) is 3.92. The first-order valence-electron chi connectivity index (χ1n) is 9.08. The van der Waals surface area contributed by atoms with Crippen molar-refractivity contribution in [3.8, 4) is 5.75 Å². The molecule has 0 unspecified atom stereocenters. The second-order valence-electron chi connectivity index (χ2n) is 7.01. The Bertz CT molecular complexity index is 811. The van der Waals surface area contributed by atoms with Gasteiger partial charge in [-0.2, -0.15) is 0 Å².